The molecule has 1 aromatic rings. The summed E-state index contributed by atoms with van der Waals surface area (Å²) in [5.41, 5.74) is 1.16. The van der Waals surface area contributed by atoms with E-state index in [4.69, 9.17) is 14.2 Å². The van der Waals surface area contributed by atoms with Gasteiger partial charge < -0.3 is 14.2 Å². The van der Waals surface area contributed by atoms with Crippen molar-refractivity contribution in [2.24, 2.45) is 5.92 Å². The van der Waals surface area contributed by atoms with Gasteiger partial charge in [0.05, 0.1) is 19.3 Å². The Hall–Kier alpha value is -1.16. The standard InChI is InChI=1S/C17H24O3/c1-5-13(2)16(15-12-19-17(3,4)20-15)18-11-14-9-7-6-8-10-14/h5-10,13,15-16H,1,11-12H2,2-4H3/t13-,15+,16-/m0/s1. The number of benzene rings is 1. The van der Waals surface area contributed by atoms with Crippen LogP contribution in [-0.4, -0.2) is 24.6 Å². The zero-order chi connectivity index (χ0) is 14.6. The van der Waals surface area contributed by atoms with Gasteiger partial charge in [-0.3, -0.25) is 0 Å². The Bertz CT molecular complexity index is 427. The predicted octanol–water partition coefficient (Wildman–Crippen LogP) is 3.55. The maximum absolute atomic E-state index is 6.08. The Morgan fingerprint density at radius 3 is 2.65 bits per heavy atom. The van der Waals surface area contributed by atoms with Crippen molar-refractivity contribution >= 4 is 0 Å². The largest absolute Gasteiger partial charge is 0.370 e. The van der Waals surface area contributed by atoms with Crippen LogP contribution in [0.15, 0.2) is 43.0 Å². The van der Waals surface area contributed by atoms with Crippen LogP contribution in [0.25, 0.3) is 0 Å². The average molecular weight is 276 g/mol. The van der Waals surface area contributed by atoms with Crippen molar-refractivity contribution in [3.63, 3.8) is 0 Å². The van der Waals surface area contributed by atoms with Gasteiger partial charge in [-0.1, -0.05) is 43.3 Å². The molecular weight excluding hydrogens is 252 g/mol. The molecule has 0 spiro atoms. The highest BCUT2D eigenvalue weighted by Crippen LogP contribution is 2.29. The average Bonchev–Trinajstić information content (AvgIpc) is 2.80. The van der Waals surface area contributed by atoms with Crippen molar-refractivity contribution in [3.8, 4) is 0 Å². The van der Waals surface area contributed by atoms with Crippen LogP contribution in [-0.2, 0) is 20.8 Å². The molecule has 110 valence electrons. The first-order chi connectivity index (χ1) is 9.52. The summed E-state index contributed by atoms with van der Waals surface area (Å²) in [6.07, 6.45) is 1.81. The molecule has 0 amide bonds. The lowest BCUT2D eigenvalue weighted by molar-refractivity contribution is -0.161. The molecule has 2 rings (SSSR count). The van der Waals surface area contributed by atoms with Gasteiger partial charge in [0.1, 0.15) is 6.10 Å². The van der Waals surface area contributed by atoms with Crippen molar-refractivity contribution in [1.29, 1.82) is 0 Å². The lowest BCUT2D eigenvalue weighted by Crippen LogP contribution is -2.37. The fourth-order valence-corrected chi connectivity index (χ4v) is 2.38. The van der Waals surface area contributed by atoms with Crippen LogP contribution in [0.1, 0.15) is 26.3 Å². The highest BCUT2D eigenvalue weighted by Gasteiger charge is 2.39. The smallest absolute Gasteiger partial charge is 0.163 e. The summed E-state index contributed by atoms with van der Waals surface area (Å²) >= 11 is 0. The highest BCUT2D eigenvalue weighted by molar-refractivity contribution is 5.13. The minimum atomic E-state index is -0.528. The van der Waals surface area contributed by atoms with Gasteiger partial charge >= 0.3 is 0 Å². The van der Waals surface area contributed by atoms with E-state index in [1.807, 2.05) is 38.1 Å². The topological polar surface area (TPSA) is 27.7 Å². The quantitative estimate of drug-likeness (QED) is 0.744. The Morgan fingerprint density at radius 1 is 1.40 bits per heavy atom. The molecule has 1 aliphatic rings. The fraction of sp³-hybridized carbons (Fsp3) is 0.529. The molecule has 0 aliphatic carbocycles. The zero-order valence-electron chi connectivity index (χ0n) is 12.5. The van der Waals surface area contributed by atoms with Gasteiger partial charge in [-0.15, -0.1) is 6.58 Å². The summed E-state index contributed by atoms with van der Waals surface area (Å²) in [7, 11) is 0. The Morgan fingerprint density at radius 2 is 2.10 bits per heavy atom. The van der Waals surface area contributed by atoms with Gasteiger partial charge in [-0.25, -0.2) is 0 Å². The highest BCUT2D eigenvalue weighted by atomic mass is 16.7. The summed E-state index contributed by atoms with van der Waals surface area (Å²) in [6, 6.07) is 10.2. The molecule has 0 saturated carbocycles. The second kappa shape index (κ2) is 6.53. The Labute approximate surface area is 121 Å². The lowest BCUT2D eigenvalue weighted by atomic mass is 10.00. The van der Waals surface area contributed by atoms with E-state index < -0.39 is 5.79 Å². The van der Waals surface area contributed by atoms with Crippen molar-refractivity contribution in [2.45, 2.75) is 45.4 Å². The SMILES string of the molecule is C=C[C@H](C)[C@H](OCc1ccccc1)[C@H]1COC(C)(C)O1. The van der Waals surface area contributed by atoms with Gasteiger partial charge in [-0.05, 0) is 19.4 Å². The molecule has 0 radical (unpaired) electrons. The summed E-state index contributed by atoms with van der Waals surface area (Å²) in [6.45, 7) is 11.0. The summed E-state index contributed by atoms with van der Waals surface area (Å²) in [5, 5.41) is 0. The second-order valence-corrected chi connectivity index (χ2v) is 5.72. The summed E-state index contributed by atoms with van der Waals surface area (Å²) < 4.78 is 17.7. The van der Waals surface area contributed by atoms with Crippen molar-refractivity contribution in [1.82, 2.24) is 0 Å². The third kappa shape index (κ3) is 3.92. The van der Waals surface area contributed by atoms with Crippen LogP contribution in [0.5, 0.6) is 0 Å². The molecule has 3 atom stereocenters. The number of ether oxygens (including phenoxy) is 3. The number of rotatable bonds is 6. The van der Waals surface area contributed by atoms with E-state index in [1.54, 1.807) is 0 Å². The molecule has 20 heavy (non-hydrogen) atoms. The van der Waals surface area contributed by atoms with Gasteiger partial charge in [0.15, 0.2) is 5.79 Å². The van der Waals surface area contributed by atoms with E-state index in [1.165, 1.54) is 0 Å². The first kappa shape index (κ1) is 15.2. The molecule has 0 bridgehead atoms. The zero-order valence-corrected chi connectivity index (χ0v) is 12.5. The molecule has 1 aliphatic heterocycles. The third-order valence-electron chi connectivity index (χ3n) is 3.57. The monoisotopic (exact) mass is 276 g/mol. The van der Waals surface area contributed by atoms with Gasteiger partial charge in [-0.2, -0.15) is 0 Å². The van der Waals surface area contributed by atoms with Crippen LogP contribution in [0.3, 0.4) is 0 Å². The summed E-state index contributed by atoms with van der Waals surface area (Å²) in [4.78, 5) is 0. The predicted molar refractivity (Wildman–Crippen MR) is 79.3 cm³/mol. The minimum absolute atomic E-state index is 0.0468. The molecule has 1 saturated heterocycles. The van der Waals surface area contributed by atoms with Gasteiger partial charge in [0.2, 0.25) is 0 Å². The second-order valence-electron chi connectivity index (χ2n) is 5.72. The van der Waals surface area contributed by atoms with Crippen LogP contribution in [0.2, 0.25) is 0 Å². The maximum atomic E-state index is 6.08. The molecule has 3 nitrogen and oxygen atoms in total. The molecule has 1 fully saturated rings. The molecule has 0 aromatic heterocycles. The van der Waals surface area contributed by atoms with Crippen molar-refractivity contribution in [2.75, 3.05) is 6.61 Å². The molecule has 0 N–H and O–H groups in total. The van der Waals surface area contributed by atoms with Gasteiger partial charge in [0.25, 0.3) is 0 Å². The third-order valence-corrected chi connectivity index (χ3v) is 3.57. The lowest BCUT2D eigenvalue weighted by Gasteiger charge is -2.27. The first-order valence-electron chi connectivity index (χ1n) is 7.12. The normalized spacial score (nSPS) is 24.2. The van der Waals surface area contributed by atoms with E-state index in [9.17, 15) is 0 Å². The van der Waals surface area contributed by atoms with E-state index >= 15 is 0 Å². The summed E-state index contributed by atoms with van der Waals surface area (Å²) in [5.74, 6) is -0.318. The van der Waals surface area contributed by atoms with Crippen molar-refractivity contribution in [3.05, 3.63) is 48.6 Å². The number of hydrogen-bond donors (Lipinski definition) is 0. The molecule has 1 heterocycles. The molecule has 1 aromatic carbocycles. The van der Waals surface area contributed by atoms with E-state index in [0.717, 1.165) is 5.56 Å². The van der Waals surface area contributed by atoms with Crippen LogP contribution in [0, 0.1) is 5.92 Å². The fourth-order valence-electron chi connectivity index (χ4n) is 2.38. The number of hydrogen-bond acceptors (Lipinski definition) is 3. The molecular formula is C17H24O3. The maximum Gasteiger partial charge on any atom is 0.163 e. The van der Waals surface area contributed by atoms with E-state index in [0.29, 0.717) is 13.2 Å². The van der Waals surface area contributed by atoms with E-state index in [-0.39, 0.29) is 18.1 Å². The van der Waals surface area contributed by atoms with E-state index in [2.05, 4.69) is 25.6 Å². The Kier molecular flexibility index (Phi) is 4.97. The first-order valence-corrected chi connectivity index (χ1v) is 7.12. The molecule has 3 heteroatoms. The van der Waals surface area contributed by atoms with Crippen LogP contribution < -0.4 is 0 Å². The Balaban J connectivity index is 1.99. The molecule has 0 unspecified atom stereocenters. The van der Waals surface area contributed by atoms with Crippen LogP contribution >= 0.6 is 0 Å². The van der Waals surface area contributed by atoms with Crippen molar-refractivity contribution < 1.29 is 14.2 Å². The van der Waals surface area contributed by atoms with Crippen LogP contribution in [0.4, 0.5) is 0 Å². The van der Waals surface area contributed by atoms with Gasteiger partial charge in [0, 0.05) is 5.92 Å². The minimum Gasteiger partial charge on any atom is -0.370 e.